The fourth-order valence-electron chi connectivity index (χ4n) is 14.6. The van der Waals surface area contributed by atoms with E-state index in [1.807, 2.05) is 72.8 Å². The zero-order valence-electron chi connectivity index (χ0n) is 61.2. The Morgan fingerprint density at radius 2 is 0.161 bits per heavy atom. The van der Waals surface area contributed by atoms with Crippen LogP contribution < -0.4 is 39.2 Å². The second kappa shape index (κ2) is 32.6. The molecule has 0 unspecified atom stereocenters. The Morgan fingerprint density at radius 1 is 0.0893 bits per heavy atom. The molecule has 8 nitrogen and oxygen atoms in total. The van der Waals surface area contributed by atoms with Gasteiger partial charge in [-0.15, -0.1) is 0 Å². The van der Waals surface area contributed by atoms with E-state index in [4.69, 9.17) is 0 Å². The van der Waals surface area contributed by atoms with Crippen molar-refractivity contribution in [2.24, 2.45) is 0 Å². The summed E-state index contributed by atoms with van der Waals surface area (Å²) in [7, 11) is 0. The van der Waals surface area contributed by atoms with Gasteiger partial charge in [0.05, 0.1) is 0 Å². The maximum Gasteiger partial charge on any atom is 0.123 e. The van der Waals surface area contributed by atoms with Crippen LogP contribution >= 0.6 is 0 Å². The number of rotatable bonds is 24. The van der Waals surface area contributed by atoms with Gasteiger partial charge in [0.25, 0.3) is 0 Å². The predicted molar refractivity (Wildman–Crippen MR) is 464 cm³/mol. The molecule has 0 aliphatic carbocycles. The summed E-state index contributed by atoms with van der Waals surface area (Å²) in [6.07, 6.45) is 0. The van der Waals surface area contributed by atoms with Gasteiger partial charge >= 0.3 is 0 Å². The Morgan fingerprint density at radius 3 is 0.250 bits per heavy atom. The van der Waals surface area contributed by atoms with Crippen LogP contribution in [0.25, 0.3) is 0 Å². The van der Waals surface area contributed by atoms with Crippen LogP contribution in [0.3, 0.4) is 0 Å². The molecule has 0 saturated heterocycles. The minimum Gasteiger partial charge on any atom is -0.311 e. The number of hydrogen-bond donors (Lipinski definition) is 0. The van der Waals surface area contributed by atoms with E-state index in [0.717, 1.165) is 136 Å². The maximum absolute atomic E-state index is 14.2. The van der Waals surface area contributed by atoms with Gasteiger partial charge in [-0.3, -0.25) is 0 Å². The van der Waals surface area contributed by atoms with Gasteiger partial charge in [0, 0.05) is 136 Å². The molecule has 17 aromatic carbocycles. The van der Waals surface area contributed by atoms with E-state index >= 15 is 0 Å². The van der Waals surface area contributed by atoms with Crippen LogP contribution in [0.2, 0.25) is 0 Å². The van der Waals surface area contributed by atoms with Crippen molar-refractivity contribution >= 4 is 136 Å². The van der Waals surface area contributed by atoms with Gasteiger partial charge in [0.2, 0.25) is 0 Å². The summed E-state index contributed by atoms with van der Waals surface area (Å²) < 4.78 is 28.5. The Bertz CT molecular complexity index is 5470. The van der Waals surface area contributed by atoms with Gasteiger partial charge < -0.3 is 39.2 Å². The van der Waals surface area contributed by atoms with Crippen molar-refractivity contribution in [3.63, 3.8) is 0 Å². The minimum atomic E-state index is -0.278. The first-order valence-corrected chi connectivity index (χ1v) is 37.4. The molecule has 0 heterocycles. The van der Waals surface area contributed by atoms with Gasteiger partial charge in [0.15, 0.2) is 0 Å². The predicted octanol–water partition coefficient (Wildman–Crippen LogP) is 29.7. The third-order valence-corrected chi connectivity index (χ3v) is 19.8. The van der Waals surface area contributed by atoms with Crippen LogP contribution in [0.5, 0.6) is 0 Å². The highest BCUT2D eigenvalue weighted by Gasteiger charge is 2.24. The number of benzene rings is 17. The quantitative estimate of drug-likeness (QED) is 0.0591. The summed E-state index contributed by atoms with van der Waals surface area (Å²) in [6, 6.07) is 158. The lowest BCUT2D eigenvalue weighted by molar-refractivity contribution is 0.627. The number of hydrogen-bond acceptors (Lipinski definition) is 8. The first kappa shape index (κ1) is 70.0. The molecule has 0 aromatic heterocycles. The monoisotopic (exact) mass is 1450 g/mol. The number of para-hydroxylation sites is 8. The lowest BCUT2D eigenvalue weighted by Crippen LogP contribution is -2.14. The normalized spacial score (nSPS) is 10.9. The van der Waals surface area contributed by atoms with Gasteiger partial charge in [-0.2, -0.15) is 0 Å². The summed E-state index contributed by atoms with van der Waals surface area (Å²) in [4.78, 5) is 18.0. The molecule has 0 atom stereocenters. The molecule has 0 fully saturated rings. The third-order valence-electron chi connectivity index (χ3n) is 19.8. The fraction of sp³-hybridized carbons (Fsp3) is 0. The SMILES string of the molecule is Fc1ccc(N(c2ccccc2)c2ccc(N(c3ccccc3)c3ccc(N(c4ccccc4)c4ccc(N(c5ccccc5)c5ccc(N(c6ccccc6)c6ccc(N(c7ccccc7)c7ccc(N(c8ccccc8)c8ccc(N(c9ccccc9)c9ccc(F)cc9)cc8)cc7)cc6)cc5)cc4)cc3)cc2)cc1. The van der Waals surface area contributed by atoms with Crippen LogP contribution in [0, 0.1) is 11.6 Å². The molecular weight excluding hydrogens is 1380 g/mol. The summed E-state index contributed by atoms with van der Waals surface area (Å²) in [5.74, 6) is -0.556. The molecular formula is C102H76F2N8. The molecule has 0 bridgehead atoms. The zero-order valence-corrected chi connectivity index (χ0v) is 61.2. The number of nitrogens with zero attached hydrogens (tertiary/aromatic N) is 8. The minimum absolute atomic E-state index is 0.278. The summed E-state index contributed by atoms with van der Waals surface area (Å²) in [5, 5.41) is 0. The molecule has 0 N–H and O–H groups in total. The molecule has 0 aliphatic rings. The van der Waals surface area contributed by atoms with Gasteiger partial charge in [-0.05, 0) is 315 Å². The van der Waals surface area contributed by atoms with Crippen LogP contribution in [0.4, 0.5) is 145 Å². The molecule has 0 spiro atoms. The van der Waals surface area contributed by atoms with Crippen molar-refractivity contribution in [2.45, 2.75) is 0 Å². The zero-order chi connectivity index (χ0) is 75.4. The van der Waals surface area contributed by atoms with Gasteiger partial charge in [-0.25, -0.2) is 8.78 Å². The highest BCUT2D eigenvalue weighted by molar-refractivity contribution is 5.89. The number of anilines is 24. The van der Waals surface area contributed by atoms with E-state index in [-0.39, 0.29) is 11.6 Å². The van der Waals surface area contributed by atoms with Crippen LogP contribution in [-0.2, 0) is 0 Å². The summed E-state index contributed by atoms with van der Waals surface area (Å²) in [6.45, 7) is 0. The van der Waals surface area contributed by atoms with Crippen molar-refractivity contribution < 1.29 is 8.78 Å². The molecule has 10 heteroatoms. The van der Waals surface area contributed by atoms with Crippen molar-refractivity contribution in [3.8, 4) is 0 Å². The molecule has 112 heavy (non-hydrogen) atoms. The Kier molecular flexibility index (Phi) is 20.4. The Balaban J connectivity index is 0.649. The van der Waals surface area contributed by atoms with Crippen molar-refractivity contribution in [3.05, 3.63) is 473 Å². The first-order valence-electron chi connectivity index (χ1n) is 37.4. The average Bonchev–Trinajstić information content (AvgIpc) is 0.776. The topological polar surface area (TPSA) is 25.9 Å². The van der Waals surface area contributed by atoms with Crippen LogP contribution in [-0.4, -0.2) is 0 Å². The van der Waals surface area contributed by atoms with Crippen molar-refractivity contribution in [2.75, 3.05) is 39.2 Å². The van der Waals surface area contributed by atoms with Crippen molar-refractivity contribution in [1.29, 1.82) is 0 Å². The van der Waals surface area contributed by atoms with Gasteiger partial charge in [0.1, 0.15) is 11.6 Å². The fourth-order valence-corrected chi connectivity index (χ4v) is 14.6. The standard InChI is InChI=1S/C102H76F2N8/c103-77-41-45-87(46-42-77)105(79-25-9-1-10-26-79)89-49-53-91(54-50-89)107(81-29-13-3-14-30-81)93-57-61-95(62-58-93)109(83-33-17-5-18-34-83)97-65-69-99(70-66-97)111(85-37-21-7-22-38-85)101-73-75-102(76-74-101)112(86-39-23-8-24-40-86)100-71-67-98(68-72-100)110(84-35-19-6-20-36-84)96-63-59-94(60-64-96)108(82-31-15-4-16-32-82)92-55-51-90(52-56-92)106(80-27-11-2-12-28-80)88-47-43-78(104)44-48-88/h1-76H. The Labute approximate surface area is 653 Å². The van der Waals surface area contributed by atoms with Crippen LogP contribution in [0.1, 0.15) is 0 Å². The maximum atomic E-state index is 14.2. The van der Waals surface area contributed by atoms with E-state index in [2.05, 4.69) is 403 Å². The average molecular weight is 1450 g/mol. The largest absolute Gasteiger partial charge is 0.311 e. The van der Waals surface area contributed by atoms with E-state index in [1.165, 1.54) is 24.3 Å². The smallest absolute Gasteiger partial charge is 0.123 e. The third kappa shape index (κ3) is 15.2. The molecule has 17 rings (SSSR count). The summed E-state index contributed by atoms with van der Waals surface area (Å²) >= 11 is 0. The second-order valence-electron chi connectivity index (χ2n) is 26.9. The molecule has 0 radical (unpaired) electrons. The molecule has 0 amide bonds. The highest BCUT2D eigenvalue weighted by Crippen LogP contribution is 2.47. The van der Waals surface area contributed by atoms with E-state index in [9.17, 15) is 8.78 Å². The highest BCUT2D eigenvalue weighted by atomic mass is 19.1. The first-order chi connectivity index (χ1) is 55.4. The lowest BCUT2D eigenvalue weighted by atomic mass is 10.1. The van der Waals surface area contributed by atoms with Crippen molar-refractivity contribution in [1.82, 2.24) is 0 Å². The number of halogens is 2. The lowest BCUT2D eigenvalue weighted by Gasteiger charge is -2.30. The van der Waals surface area contributed by atoms with Crippen LogP contribution in [0.15, 0.2) is 461 Å². The molecule has 0 saturated carbocycles. The summed E-state index contributed by atoms with van der Waals surface area (Å²) in [5.41, 5.74) is 23.7. The van der Waals surface area contributed by atoms with E-state index in [1.54, 1.807) is 0 Å². The molecule has 17 aromatic rings. The van der Waals surface area contributed by atoms with Gasteiger partial charge in [-0.1, -0.05) is 146 Å². The van der Waals surface area contributed by atoms with E-state index < -0.39 is 0 Å². The Hall–Kier alpha value is -15.0. The second-order valence-corrected chi connectivity index (χ2v) is 26.9. The molecule has 538 valence electrons. The van der Waals surface area contributed by atoms with E-state index in [0.29, 0.717) is 0 Å². The molecule has 0 aliphatic heterocycles.